The molecule has 0 aromatic rings. The van der Waals surface area contributed by atoms with Gasteiger partial charge >= 0.3 is 27.6 Å². The van der Waals surface area contributed by atoms with Gasteiger partial charge in [0.05, 0.1) is 19.8 Å². The highest BCUT2D eigenvalue weighted by atomic mass is 31.2. The van der Waals surface area contributed by atoms with Crippen molar-refractivity contribution < 1.29 is 61.6 Å². The highest BCUT2D eigenvalue weighted by Crippen LogP contribution is 2.43. The van der Waals surface area contributed by atoms with Crippen LogP contribution >= 0.6 is 15.6 Å². The Labute approximate surface area is 269 Å². The molecule has 13 nitrogen and oxygen atoms in total. The van der Waals surface area contributed by atoms with Gasteiger partial charge in [0.15, 0.2) is 6.10 Å². The van der Waals surface area contributed by atoms with Crippen LogP contribution in [0.15, 0.2) is 0 Å². The second kappa shape index (κ2) is 26.1. The minimum absolute atomic E-state index is 0.132. The average molecular weight is 691 g/mol. The number of ether oxygens (including phenoxy) is 2. The van der Waals surface area contributed by atoms with Gasteiger partial charge in [-0.3, -0.25) is 23.2 Å². The van der Waals surface area contributed by atoms with E-state index in [4.69, 9.17) is 23.8 Å². The number of carbonyl (C=O) groups is 2. The van der Waals surface area contributed by atoms with Gasteiger partial charge in [-0.15, -0.1) is 0 Å². The summed E-state index contributed by atoms with van der Waals surface area (Å²) in [5.74, 6) is 0.356. The second-order valence-electron chi connectivity index (χ2n) is 12.4. The van der Waals surface area contributed by atoms with E-state index >= 15 is 0 Å². The van der Waals surface area contributed by atoms with Crippen LogP contribution in [0.1, 0.15) is 130 Å². The molecule has 0 bridgehead atoms. The second-order valence-corrected chi connectivity index (χ2v) is 15.1. The maximum Gasteiger partial charge on any atom is 0.472 e. The lowest BCUT2D eigenvalue weighted by Crippen LogP contribution is -2.30. The summed E-state index contributed by atoms with van der Waals surface area (Å²) in [5.41, 5.74) is 0. The van der Waals surface area contributed by atoms with Gasteiger partial charge in [-0.1, -0.05) is 105 Å². The first-order chi connectivity index (χ1) is 21.1. The summed E-state index contributed by atoms with van der Waals surface area (Å²) in [6, 6.07) is 0. The van der Waals surface area contributed by atoms with Gasteiger partial charge in [-0.05, 0) is 24.7 Å². The Morgan fingerprint density at radius 3 is 1.49 bits per heavy atom. The van der Waals surface area contributed by atoms with Crippen LogP contribution in [0.3, 0.4) is 0 Å². The van der Waals surface area contributed by atoms with Crippen molar-refractivity contribution in [3.63, 3.8) is 0 Å². The Balaban J connectivity index is 4.67. The molecule has 0 amide bonds. The van der Waals surface area contributed by atoms with Crippen molar-refractivity contribution in [2.24, 2.45) is 11.8 Å². The third-order valence-electron chi connectivity index (χ3n) is 6.84. The molecule has 0 radical (unpaired) electrons. The summed E-state index contributed by atoms with van der Waals surface area (Å²) in [5, 5.41) is 9.66. The highest BCUT2D eigenvalue weighted by Gasteiger charge is 2.28. The molecular formula is C30H60O13P2. The van der Waals surface area contributed by atoms with Crippen LogP contribution in [0.25, 0.3) is 0 Å². The number of phosphoric acid groups is 2. The van der Waals surface area contributed by atoms with Crippen LogP contribution in [0, 0.1) is 11.8 Å². The van der Waals surface area contributed by atoms with Gasteiger partial charge in [0.1, 0.15) is 12.7 Å². The minimum Gasteiger partial charge on any atom is -0.462 e. The fourth-order valence-electron chi connectivity index (χ4n) is 4.30. The third-order valence-corrected chi connectivity index (χ3v) is 8.28. The van der Waals surface area contributed by atoms with E-state index in [9.17, 15) is 28.7 Å². The zero-order valence-electron chi connectivity index (χ0n) is 27.8. The number of esters is 2. The molecule has 0 rings (SSSR count). The van der Waals surface area contributed by atoms with Gasteiger partial charge < -0.3 is 29.3 Å². The molecule has 0 aliphatic carbocycles. The monoisotopic (exact) mass is 690 g/mol. The molecule has 0 aliphatic rings. The summed E-state index contributed by atoms with van der Waals surface area (Å²) in [7, 11) is -9.63. The summed E-state index contributed by atoms with van der Waals surface area (Å²) in [6.07, 6.45) is 11.9. The first-order valence-electron chi connectivity index (χ1n) is 16.4. The number of phosphoric ester groups is 2. The number of hydrogen-bond acceptors (Lipinski definition) is 10. The maximum absolute atomic E-state index is 12.5. The predicted octanol–water partition coefficient (Wildman–Crippen LogP) is 6.60. The van der Waals surface area contributed by atoms with Gasteiger partial charge in [0.2, 0.25) is 0 Å². The molecule has 0 heterocycles. The number of aliphatic hydroxyl groups is 1. The number of aliphatic hydroxyl groups excluding tert-OH is 1. The Morgan fingerprint density at radius 1 is 0.578 bits per heavy atom. The normalized spacial score (nSPS) is 14.8. The molecule has 0 aromatic heterocycles. The summed E-state index contributed by atoms with van der Waals surface area (Å²) >= 11 is 0. The molecule has 15 heteroatoms. The van der Waals surface area contributed by atoms with Crippen molar-refractivity contribution in [2.45, 2.75) is 143 Å². The first kappa shape index (κ1) is 44.1. The SMILES string of the molecule is CC(C)CCCCCCCCC(=O)OC[C@H](COP(=O)(O)OC[C@@H](O)COP(=O)(O)O)OC(=O)CCCCCCCCC(C)C. The largest absolute Gasteiger partial charge is 0.472 e. The van der Waals surface area contributed by atoms with Crippen molar-refractivity contribution in [3.05, 3.63) is 0 Å². The predicted molar refractivity (Wildman–Crippen MR) is 170 cm³/mol. The van der Waals surface area contributed by atoms with E-state index in [1.165, 1.54) is 32.1 Å². The fraction of sp³-hybridized carbons (Fsp3) is 0.933. The lowest BCUT2D eigenvalue weighted by Gasteiger charge is -2.20. The van der Waals surface area contributed by atoms with E-state index < -0.39 is 59.6 Å². The molecule has 1 unspecified atom stereocenters. The molecule has 268 valence electrons. The molecular weight excluding hydrogens is 630 g/mol. The number of hydrogen-bond donors (Lipinski definition) is 4. The number of unbranched alkanes of at least 4 members (excludes halogenated alkanes) is 10. The van der Waals surface area contributed by atoms with Crippen LogP contribution in [-0.2, 0) is 41.8 Å². The topological polar surface area (TPSA) is 195 Å². The van der Waals surface area contributed by atoms with Crippen molar-refractivity contribution >= 4 is 27.6 Å². The van der Waals surface area contributed by atoms with Crippen molar-refractivity contribution in [3.8, 4) is 0 Å². The molecule has 0 fully saturated rings. The van der Waals surface area contributed by atoms with Crippen molar-refractivity contribution in [1.82, 2.24) is 0 Å². The van der Waals surface area contributed by atoms with Crippen LogP contribution in [0.5, 0.6) is 0 Å². The highest BCUT2D eigenvalue weighted by molar-refractivity contribution is 7.47. The Kier molecular flexibility index (Phi) is 25.6. The van der Waals surface area contributed by atoms with Gasteiger partial charge in [0, 0.05) is 12.8 Å². The summed E-state index contributed by atoms with van der Waals surface area (Å²) in [6.45, 7) is 6.13. The molecule has 3 atom stereocenters. The quantitative estimate of drug-likeness (QED) is 0.0358. The smallest absolute Gasteiger partial charge is 0.462 e. The average Bonchev–Trinajstić information content (AvgIpc) is 2.94. The van der Waals surface area contributed by atoms with Gasteiger partial charge in [-0.2, -0.15) is 0 Å². The molecule has 0 saturated carbocycles. The molecule has 0 aromatic carbocycles. The maximum atomic E-state index is 12.5. The van der Waals surface area contributed by atoms with Crippen LogP contribution in [-0.4, -0.2) is 70.4 Å². The summed E-state index contributed by atoms with van der Waals surface area (Å²) in [4.78, 5) is 52.0. The van der Waals surface area contributed by atoms with Gasteiger partial charge in [0.25, 0.3) is 0 Å². The minimum atomic E-state index is -4.85. The van der Waals surface area contributed by atoms with E-state index in [1.54, 1.807) is 0 Å². The lowest BCUT2D eigenvalue weighted by atomic mass is 10.0. The van der Waals surface area contributed by atoms with E-state index in [0.717, 1.165) is 44.9 Å². The van der Waals surface area contributed by atoms with E-state index in [2.05, 4.69) is 36.7 Å². The standard InChI is InChI=1S/C30H60O13P2/c1-25(2)17-13-9-5-7-11-15-19-29(32)39-23-28(43-30(33)20-16-12-8-6-10-14-18-26(3)4)24-42-45(37,38)41-22-27(31)21-40-44(34,35)36/h25-28,31H,5-24H2,1-4H3,(H,37,38)(H2,34,35,36)/t27-,28+/m0/s1. The van der Waals surface area contributed by atoms with Crippen LogP contribution in [0.2, 0.25) is 0 Å². The van der Waals surface area contributed by atoms with Gasteiger partial charge in [-0.25, -0.2) is 9.13 Å². The molecule has 0 aliphatic heterocycles. The fourth-order valence-corrected chi connectivity index (χ4v) is 5.46. The molecule has 4 N–H and O–H groups in total. The molecule has 0 saturated heterocycles. The Hall–Kier alpha value is -0.880. The lowest BCUT2D eigenvalue weighted by molar-refractivity contribution is -0.161. The molecule has 0 spiro atoms. The number of carbonyl (C=O) groups excluding carboxylic acids is 2. The third kappa shape index (κ3) is 31.5. The van der Waals surface area contributed by atoms with Crippen LogP contribution < -0.4 is 0 Å². The zero-order valence-corrected chi connectivity index (χ0v) is 29.6. The first-order valence-corrected chi connectivity index (χ1v) is 19.5. The number of rotatable bonds is 30. The molecule has 45 heavy (non-hydrogen) atoms. The van der Waals surface area contributed by atoms with E-state index in [0.29, 0.717) is 24.7 Å². The Bertz CT molecular complexity index is 863. The zero-order chi connectivity index (χ0) is 34.1. The van der Waals surface area contributed by atoms with E-state index in [-0.39, 0.29) is 19.4 Å². The van der Waals surface area contributed by atoms with E-state index in [1.807, 2.05) is 0 Å². The van der Waals surface area contributed by atoms with Crippen molar-refractivity contribution in [1.29, 1.82) is 0 Å². The Morgan fingerprint density at radius 2 is 1.00 bits per heavy atom. The van der Waals surface area contributed by atoms with Crippen LogP contribution in [0.4, 0.5) is 0 Å². The van der Waals surface area contributed by atoms with Crippen molar-refractivity contribution in [2.75, 3.05) is 26.4 Å². The summed E-state index contributed by atoms with van der Waals surface area (Å²) < 4.78 is 47.3.